The standard InChI is InChI=1S/C27H36N4O2.C2H6/c1-7-14-30-27(33-6)31-18-28-17-23(26(32)21(8-2)9-3)22-13-15-29-24(16-22)25-19(4)11-10-12-20(25)5;1-2/h7,10-18,21,26,32H,8-9H2,1-6H3,(H,28,30,31);1-2H3/b14-7-,23-17+;. The van der Waals surface area contributed by atoms with Crippen molar-refractivity contribution in [2.24, 2.45) is 15.9 Å². The summed E-state index contributed by atoms with van der Waals surface area (Å²) in [6, 6.07) is 10.5. The van der Waals surface area contributed by atoms with Crippen molar-refractivity contribution in [1.82, 2.24) is 10.3 Å². The van der Waals surface area contributed by atoms with Crippen molar-refractivity contribution in [2.75, 3.05) is 7.11 Å². The van der Waals surface area contributed by atoms with Crippen LogP contribution in [0.3, 0.4) is 0 Å². The number of hydrogen-bond donors (Lipinski definition) is 2. The zero-order valence-corrected chi connectivity index (χ0v) is 22.5. The number of benzene rings is 1. The number of aliphatic hydroxyl groups excluding tert-OH is 1. The number of aromatic nitrogens is 1. The van der Waals surface area contributed by atoms with Gasteiger partial charge in [-0.3, -0.25) is 4.98 Å². The number of pyridine rings is 1. The van der Waals surface area contributed by atoms with Gasteiger partial charge in [0.15, 0.2) is 0 Å². The van der Waals surface area contributed by atoms with Gasteiger partial charge in [-0.1, -0.05) is 64.8 Å². The van der Waals surface area contributed by atoms with E-state index in [2.05, 4.69) is 66.2 Å². The van der Waals surface area contributed by atoms with E-state index in [-0.39, 0.29) is 5.92 Å². The molecule has 0 amide bonds. The number of amidine groups is 1. The molecule has 190 valence electrons. The van der Waals surface area contributed by atoms with E-state index < -0.39 is 6.10 Å². The Hall–Kier alpha value is -3.25. The second kappa shape index (κ2) is 16.4. The number of nitrogens with zero attached hydrogens (tertiary/aromatic N) is 3. The van der Waals surface area contributed by atoms with Gasteiger partial charge in [0.1, 0.15) is 6.34 Å². The van der Waals surface area contributed by atoms with E-state index in [4.69, 9.17) is 4.74 Å². The predicted molar refractivity (Wildman–Crippen MR) is 149 cm³/mol. The number of ether oxygens (including phenoxy) is 1. The molecule has 6 heteroatoms. The lowest BCUT2D eigenvalue weighted by atomic mass is 9.87. The van der Waals surface area contributed by atoms with Gasteiger partial charge in [-0.25, -0.2) is 4.99 Å². The summed E-state index contributed by atoms with van der Waals surface area (Å²) >= 11 is 0. The first-order valence-corrected chi connectivity index (χ1v) is 12.4. The molecule has 0 bridgehead atoms. The smallest absolute Gasteiger partial charge is 0.294 e. The van der Waals surface area contributed by atoms with Gasteiger partial charge in [-0.2, -0.15) is 4.99 Å². The van der Waals surface area contributed by atoms with Crippen LogP contribution in [0.25, 0.3) is 16.8 Å². The molecule has 1 aromatic heterocycles. The van der Waals surface area contributed by atoms with Crippen LogP contribution in [0.2, 0.25) is 0 Å². The average molecular weight is 479 g/mol. The molecular formula is C29H42N4O2. The Labute approximate surface area is 211 Å². The molecule has 0 aliphatic rings. The molecule has 1 unspecified atom stereocenters. The molecule has 0 spiro atoms. The molecule has 1 aromatic carbocycles. The zero-order chi connectivity index (χ0) is 26.2. The fourth-order valence-corrected chi connectivity index (χ4v) is 3.78. The number of hydrogen-bond acceptors (Lipinski definition) is 4. The third kappa shape index (κ3) is 8.80. The van der Waals surface area contributed by atoms with Gasteiger partial charge in [0.2, 0.25) is 0 Å². The van der Waals surface area contributed by atoms with Crippen LogP contribution >= 0.6 is 0 Å². The Kier molecular flexibility index (Phi) is 13.9. The number of nitrogens with one attached hydrogen (secondary N) is 1. The van der Waals surface area contributed by atoms with E-state index in [1.807, 2.05) is 39.0 Å². The maximum Gasteiger partial charge on any atom is 0.294 e. The summed E-state index contributed by atoms with van der Waals surface area (Å²) in [5.41, 5.74) is 5.96. The van der Waals surface area contributed by atoms with Crippen molar-refractivity contribution in [3.8, 4) is 11.3 Å². The van der Waals surface area contributed by atoms with Crippen LogP contribution in [-0.2, 0) is 4.74 Å². The minimum atomic E-state index is -0.655. The molecule has 1 heterocycles. The Morgan fingerprint density at radius 1 is 1.14 bits per heavy atom. The Balaban J connectivity index is 0.00000298. The van der Waals surface area contributed by atoms with E-state index in [1.54, 1.807) is 18.6 Å². The molecule has 35 heavy (non-hydrogen) atoms. The van der Waals surface area contributed by atoms with Crippen molar-refractivity contribution in [2.45, 2.75) is 67.4 Å². The van der Waals surface area contributed by atoms with Crippen LogP contribution in [0, 0.1) is 19.8 Å². The second-order valence-corrected chi connectivity index (χ2v) is 7.85. The minimum absolute atomic E-state index is 0.123. The lowest BCUT2D eigenvalue weighted by Gasteiger charge is -2.23. The molecule has 0 aliphatic heterocycles. The van der Waals surface area contributed by atoms with Crippen LogP contribution in [0.15, 0.2) is 65.0 Å². The fourth-order valence-electron chi connectivity index (χ4n) is 3.78. The molecule has 2 N–H and O–H groups in total. The summed E-state index contributed by atoms with van der Waals surface area (Å²) in [6.45, 7) is 14.3. The average Bonchev–Trinajstić information content (AvgIpc) is 2.87. The van der Waals surface area contributed by atoms with Gasteiger partial charge in [0.25, 0.3) is 6.02 Å². The summed E-state index contributed by atoms with van der Waals surface area (Å²) in [5.74, 6) is 0.123. The molecule has 0 aliphatic carbocycles. The van der Waals surface area contributed by atoms with Crippen LogP contribution in [0.5, 0.6) is 0 Å². The Morgan fingerprint density at radius 3 is 2.37 bits per heavy atom. The number of allylic oxidation sites excluding steroid dienone is 1. The molecule has 1 atom stereocenters. The van der Waals surface area contributed by atoms with Gasteiger partial charge >= 0.3 is 0 Å². The highest BCUT2D eigenvalue weighted by molar-refractivity contribution is 5.83. The highest BCUT2D eigenvalue weighted by Gasteiger charge is 2.22. The van der Waals surface area contributed by atoms with Crippen molar-refractivity contribution in [3.63, 3.8) is 0 Å². The van der Waals surface area contributed by atoms with Crippen molar-refractivity contribution in [1.29, 1.82) is 0 Å². The summed E-state index contributed by atoms with van der Waals surface area (Å²) in [4.78, 5) is 13.2. The lowest BCUT2D eigenvalue weighted by Crippen LogP contribution is -2.21. The van der Waals surface area contributed by atoms with Crippen LogP contribution < -0.4 is 5.32 Å². The number of aliphatic hydroxyl groups is 1. The first-order chi connectivity index (χ1) is 17.0. The summed E-state index contributed by atoms with van der Waals surface area (Å²) in [5, 5.41) is 14.1. The molecular weight excluding hydrogens is 436 g/mol. The van der Waals surface area contributed by atoms with E-state index in [1.165, 1.54) is 24.6 Å². The molecule has 0 fully saturated rings. The highest BCUT2D eigenvalue weighted by Crippen LogP contribution is 2.31. The van der Waals surface area contributed by atoms with E-state index in [0.29, 0.717) is 6.02 Å². The minimum Gasteiger partial charge on any atom is -0.468 e. The molecule has 0 saturated heterocycles. The quantitative estimate of drug-likeness (QED) is 0.311. The summed E-state index contributed by atoms with van der Waals surface area (Å²) in [7, 11) is 1.54. The molecule has 2 aromatic rings. The monoisotopic (exact) mass is 478 g/mol. The fraction of sp³-hybridized carbons (Fsp3) is 0.414. The molecule has 0 saturated carbocycles. The third-order valence-electron chi connectivity index (χ3n) is 5.67. The van der Waals surface area contributed by atoms with Crippen molar-refractivity contribution in [3.05, 3.63) is 71.7 Å². The number of aliphatic imine (C=N–C) groups is 2. The zero-order valence-electron chi connectivity index (χ0n) is 22.5. The van der Waals surface area contributed by atoms with Crippen molar-refractivity contribution >= 4 is 17.9 Å². The topological polar surface area (TPSA) is 79.1 Å². The number of methoxy groups -OCH3 is 1. The summed E-state index contributed by atoms with van der Waals surface area (Å²) in [6.07, 6.45) is 9.52. The van der Waals surface area contributed by atoms with Crippen LogP contribution in [0.4, 0.5) is 0 Å². The maximum absolute atomic E-state index is 11.2. The first-order valence-electron chi connectivity index (χ1n) is 12.4. The maximum atomic E-state index is 11.2. The second-order valence-electron chi connectivity index (χ2n) is 7.85. The molecule has 0 radical (unpaired) electrons. The van der Waals surface area contributed by atoms with Crippen LogP contribution in [-0.4, -0.2) is 35.7 Å². The molecule has 2 rings (SSSR count). The SMILES string of the molecule is C/C=C\NC(=NC=N/C=C(\c1ccnc(-c2c(C)cccc2C)c1)C(O)C(CC)CC)OC.CC. The Morgan fingerprint density at radius 2 is 1.80 bits per heavy atom. The normalized spacial score (nSPS) is 13.2. The first kappa shape index (κ1) is 29.8. The Bertz CT molecular complexity index is 1000. The summed E-state index contributed by atoms with van der Waals surface area (Å²) < 4.78 is 5.17. The van der Waals surface area contributed by atoms with E-state index in [9.17, 15) is 5.11 Å². The van der Waals surface area contributed by atoms with Gasteiger partial charge in [0.05, 0.1) is 18.9 Å². The lowest BCUT2D eigenvalue weighted by molar-refractivity contribution is 0.155. The van der Waals surface area contributed by atoms with Gasteiger partial charge in [-0.15, -0.1) is 0 Å². The van der Waals surface area contributed by atoms with Gasteiger partial charge in [-0.05, 0) is 55.5 Å². The largest absolute Gasteiger partial charge is 0.468 e. The number of aryl methyl sites for hydroxylation is 2. The van der Waals surface area contributed by atoms with Crippen molar-refractivity contribution < 1.29 is 9.84 Å². The number of rotatable bonds is 9. The van der Waals surface area contributed by atoms with E-state index >= 15 is 0 Å². The van der Waals surface area contributed by atoms with Crippen LogP contribution in [0.1, 0.15) is 64.2 Å². The third-order valence-corrected chi connectivity index (χ3v) is 5.67. The van der Waals surface area contributed by atoms with E-state index in [0.717, 1.165) is 35.2 Å². The highest BCUT2D eigenvalue weighted by atomic mass is 16.5. The molecule has 6 nitrogen and oxygen atoms in total. The predicted octanol–water partition coefficient (Wildman–Crippen LogP) is 6.68. The van der Waals surface area contributed by atoms with Gasteiger partial charge in [0, 0.05) is 29.7 Å². The van der Waals surface area contributed by atoms with Gasteiger partial charge < -0.3 is 15.2 Å².